The lowest BCUT2D eigenvalue weighted by Gasteiger charge is -2.14. The lowest BCUT2D eigenvalue weighted by molar-refractivity contribution is -0.142. The third kappa shape index (κ3) is 2.88. The van der Waals surface area contributed by atoms with Crippen LogP contribution in [0.25, 0.3) is 5.65 Å². The van der Waals surface area contributed by atoms with Gasteiger partial charge in [0.25, 0.3) is 0 Å². The number of nitrogens with zero attached hydrogens (tertiary/aromatic N) is 3. The van der Waals surface area contributed by atoms with Crippen molar-refractivity contribution >= 4 is 50.9 Å². The molecule has 2 aromatic rings. The number of hydrogen-bond donors (Lipinski definition) is 0. The van der Waals surface area contributed by atoms with Gasteiger partial charge in [-0.3, -0.25) is 4.79 Å². The van der Waals surface area contributed by atoms with E-state index in [1.54, 1.807) is 23.7 Å². The van der Waals surface area contributed by atoms with E-state index >= 15 is 0 Å². The van der Waals surface area contributed by atoms with Crippen LogP contribution in [0, 0.1) is 0 Å². The summed E-state index contributed by atoms with van der Waals surface area (Å²) in [6.45, 7) is 2.11. The molecule has 0 aliphatic rings. The maximum atomic E-state index is 12.0. The summed E-state index contributed by atoms with van der Waals surface area (Å²) in [6, 6.07) is 1.63. The molecule has 0 bridgehead atoms. The summed E-state index contributed by atoms with van der Waals surface area (Å²) in [5, 5.41) is 4.02. The first-order valence-electron chi connectivity index (χ1n) is 5.47. The largest absolute Gasteiger partial charge is 0.465 e. The van der Waals surface area contributed by atoms with Crippen molar-refractivity contribution in [1.29, 1.82) is 0 Å². The Morgan fingerprint density at radius 3 is 3.05 bits per heavy atom. The number of esters is 1. The van der Waals surface area contributed by atoms with Crippen LogP contribution in [0.4, 0.5) is 0 Å². The van der Waals surface area contributed by atoms with E-state index in [-0.39, 0.29) is 5.97 Å². The highest BCUT2D eigenvalue weighted by atomic mass is 79.9. The Balaban J connectivity index is 2.56. The van der Waals surface area contributed by atoms with Crippen molar-refractivity contribution in [3.63, 3.8) is 0 Å². The minimum absolute atomic E-state index is 0.312. The van der Waals surface area contributed by atoms with Gasteiger partial charge in [0.15, 0.2) is 5.65 Å². The average Bonchev–Trinajstić information content (AvgIpc) is 2.72. The van der Waals surface area contributed by atoms with Crippen LogP contribution >= 0.6 is 39.3 Å². The molecule has 0 amide bonds. The number of fused-ring (bicyclic) bond motifs is 1. The molecule has 19 heavy (non-hydrogen) atoms. The normalized spacial score (nSPS) is 12.6. The van der Waals surface area contributed by atoms with Gasteiger partial charge in [-0.2, -0.15) is 5.10 Å². The number of carbonyl (C=O) groups is 1. The molecular formula is C11H11BrClN3O2S. The third-order valence-electron chi connectivity index (χ3n) is 2.43. The first-order chi connectivity index (χ1) is 9.08. The molecule has 5 nitrogen and oxygen atoms in total. The monoisotopic (exact) mass is 363 g/mol. The van der Waals surface area contributed by atoms with Gasteiger partial charge in [-0.25, -0.2) is 9.50 Å². The summed E-state index contributed by atoms with van der Waals surface area (Å²) in [5.41, 5.74) is 1.22. The number of carbonyl (C=O) groups excluding carboxylic acids is 1. The smallest absolute Gasteiger partial charge is 0.325 e. The van der Waals surface area contributed by atoms with Gasteiger partial charge < -0.3 is 4.74 Å². The summed E-state index contributed by atoms with van der Waals surface area (Å²) >= 11 is 10.7. The van der Waals surface area contributed by atoms with Crippen LogP contribution in [-0.2, 0) is 9.53 Å². The van der Waals surface area contributed by atoms with E-state index in [2.05, 4.69) is 26.0 Å². The van der Waals surface area contributed by atoms with Gasteiger partial charge >= 0.3 is 5.97 Å². The molecule has 0 aliphatic carbocycles. The van der Waals surface area contributed by atoms with Crippen LogP contribution in [0.2, 0.25) is 5.15 Å². The quantitative estimate of drug-likeness (QED) is 0.616. The summed E-state index contributed by atoms with van der Waals surface area (Å²) in [5.74, 6) is -0.315. The molecule has 0 saturated carbocycles. The molecule has 102 valence electrons. The predicted octanol–water partition coefficient (Wildman–Crippen LogP) is 3.11. The van der Waals surface area contributed by atoms with Crippen molar-refractivity contribution in [2.75, 3.05) is 12.9 Å². The van der Waals surface area contributed by atoms with Gasteiger partial charge in [-0.05, 0) is 35.2 Å². The van der Waals surface area contributed by atoms with E-state index in [1.165, 1.54) is 11.8 Å². The van der Waals surface area contributed by atoms with Crippen LogP contribution < -0.4 is 0 Å². The number of ether oxygens (including phenoxy) is 1. The Morgan fingerprint density at radius 1 is 1.68 bits per heavy atom. The minimum atomic E-state index is -0.491. The van der Waals surface area contributed by atoms with E-state index in [9.17, 15) is 4.79 Å². The lowest BCUT2D eigenvalue weighted by Crippen LogP contribution is -2.16. The van der Waals surface area contributed by atoms with Gasteiger partial charge in [0.05, 0.1) is 23.0 Å². The van der Waals surface area contributed by atoms with Crippen molar-refractivity contribution in [1.82, 2.24) is 14.6 Å². The van der Waals surface area contributed by atoms with E-state index in [0.717, 1.165) is 4.47 Å². The Bertz CT molecular complexity index is 619. The fourth-order valence-corrected chi connectivity index (χ4v) is 2.88. The second-order valence-corrected chi connectivity index (χ2v) is 5.78. The Kier molecular flexibility index (Phi) is 4.70. The second-order valence-electron chi connectivity index (χ2n) is 3.60. The highest BCUT2D eigenvalue weighted by Crippen LogP contribution is 2.31. The van der Waals surface area contributed by atoms with Crippen molar-refractivity contribution in [2.24, 2.45) is 0 Å². The molecule has 2 aromatic heterocycles. The number of rotatable bonds is 4. The summed E-state index contributed by atoms with van der Waals surface area (Å²) in [4.78, 5) is 16.2. The fourth-order valence-electron chi connectivity index (χ4n) is 1.67. The van der Waals surface area contributed by atoms with E-state index in [4.69, 9.17) is 16.3 Å². The highest BCUT2D eigenvalue weighted by molar-refractivity contribution is 9.10. The number of halogens is 2. The van der Waals surface area contributed by atoms with Crippen molar-refractivity contribution in [3.05, 3.63) is 27.6 Å². The van der Waals surface area contributed by atoms with Crippen molar-refractivity contribution in [3.8, 4) is 0 Å². The predicted molar refractivity (Wildman–Crippen MR) is 78.6 cm³/mol. The van der Waals surface area contributed by atoms with Gasteiger partial charge in [0, 0.05) is 0 Å². The Morgan fingerprint density at radius 2 is 2.42 bits per heavy atom. The fraction of sp³-hybridized carbons (Fsp3) is 0.364. The Hall–Kier alpha value is -0.790. The molecular weight excluding hydrogens is 354 g/mol. The van der Waals surface area contributed by atoms with Gasteiger partial charge in [-0.15, -0.1) is 11.8 Å². The van der Waals surface area contributed by atoms with Crippen LogP contribution in [0.5, 0.6) is 0 Å². The van der Waals surface area contributed by atoms with Crippen LogP contribution in [0.15, 0.2) is 16.7 Å². The molecule has 0 radical (unpaired) electrons. The molecule has 0 saturated heterocycles. The van der Waals surface area contributed by atoms with Gasteiger partial charge in [-0.1, -0.05) is 11.6 Å². The maximum absolute atomic E-state index is 12.0. The number of aromatic nitrogens is 3. The molecule has 0 fully saturated rings. The molecule has 0 aliphatic heterocycles. The molecule has 2 rings (SSSR count). The summed E-state index contributed by atoms with van der Waals surface area (Å²) in [7, 11) is 0. The van der Waals surface area contributed by atoms with Crippen molar-refractivity contribution in [2.45, 2.75) is 12.2 Å². The number of thioether (sulfide) groups is 1. The van der Waals surface area contributed by atoms with Crippen LogP contribution in [0.1, 0.15) is 17.9 Å². The zero-order chi connectivity index (χ0) is 14.0. The van der Waals surface area contributed by atoms with E-state index in [1.807, 2.05) is 6.26 Å². The first-order valence-corrected chi connectivity index (χ1v) is 7.93. The van der Waals surface area contributed by atoms with Crippen LogP contribution in [0.3, 0.4) is 0 Å². The molecule has 0 N–H and O–H groups in total. The summed E-state index contributed by atoms with van der Waals surface area (Å²) in [6.07, 6.45) is 3.45. The average molecular weight is 365 g/mol. The van der Waals surface area contributed by atoms with Crippen LogP contribution in [-0.4, -0.2) is 33.4 Å². The zero-order valence-electron chi connectivity index (χ0n) is 10.3. The Labute approximate surface area is 127 Å². The zero-order valence-corrected chi connectivity index (χ0v) is 13.4. The second kappa shape index (κ2) is 6.11. The summed E-state index contributed by atoms with van der Waals surface area (Å²) < 4.78 is 7.38. The van der Waals surface area contributed by atoms with Gasteiger partial charge in [0.1, 0.15) is 10.4 Å². The van der Waals surface area contributed by atoms with Crippen molar-refractivity contribution < 1.29 is 9.53 Å². The molecule has 8 heteroatoms. The third-order valence-corrected chi connectivity index (χ3v) is 4.09. The van der Waals surface area contributed by atoms with E-state index < -0.39 is 5.25 Å². The topological polar surface area (TPSA) is 56.5 Å². The lowest BCUT2D eigenvalue weighted by atomic mass is 10.3. The van der Waals surface area contributed by atoms with E-state index in [0.29, 0.717) is 23.1 Å². The first kappa shape index (κ1) is 14.6. The highest BCUT2D eigenvalue weighted by Gasteiger charge is 2.25. The molecule has 1 atom stereocenters. The van der Waals surface area contributed by atoms with Gasteiger partial charge in [0.2, 0.25) is 0 Å². The maximum Gasteiger partial charge on any atom is 0.325 e. The SMILES string of the molecule is CCOC(=O)C(SC)c1cc(Cl)nc2c(Br)cnn12. The standard InChI is InChI=1S/C11H11BrClN3O2S/c1-3-18-11(17)9(19-2)7-4-8(13)15-10-6(12)5-14-16(7)10/h4-5,9H,3H2,1-2H3. The molecule has 0 aromatic carbocycles. The minimum Gasteiger partial charge on any atom is -0.465 e. The number of hydrogen-bond acceptors (Lipinski definition) is 5. The molecule has 1 unspecified atom stereocenters. The molecule has 0 spiro atoms. The molecule has 2 heterocycles.